The molecule has 0 radical (unpaired) electrons. The predicted octanol–water partition coefficient (Wildman–Crippen LogP) is 6.34. The summed E-state index contributed by atoms with van der Waals surface area (Å²) in [6.45, 7) is 6.76. The molecule has 28 heavy (non-hydrogen) atoms. The van der Waals surface area contributed by atoms with Gasteiger partial charge in [-0.05, 0) is 75.1 Å². The Bertz CT molecular complexity index is 1010. The van der Waals surface area contributed by atoms with Crippen molar-refractivity contribution >= 4 is 17.4 Å². The van der Waals surface area contributed by atoms with Crippen molar-refractivity contribution in [2.45, 2.75) is 46.1 Å². The molecule has 2 aromatic carbocycles. The van der Waals surface area contributed by atoms with Crippen LogP contribution in [0.25, 0.3) is 0 Å². The molecule has 0 amide bonds. The van der Waals surface area contributed by atoms with E-state index in [0.29, 0.717) is 17.5 Å². The topological polar surface area (TPSA) is 47.0 Å². The molecular formula is C23H24ClN3O. The van der Waals surface area contributed by atoms with Gasteiger partial charge in [-0.1, -0.05) is 17.7 Å². The Labute approximate surface area is 171 Å². The Kier molecular flexibility index (Phi) is 5.23. The summed E-state index contributed by atoms with van der Waals surface area (Å²) in [6, 6.07) is 13.8. The largest absolute Gasteiger partial charge is 0.457 e. The molecule has 1 saturated carbocycles. The molecular weight excluding hydrogens is 370 g/mol. The first-order valence-electron chi connectivity index (χ1n) is 9.61. The fourth-order valence-electron chi connectivity index (χ4n) is 3.08. The summed E-state index contributed by atoms with van der Waals surface area (Å²) in [5.74, 6) is 3.91. The van der Waals surface area contributed by atoms with Crippen LogP contribution in [0.15, 0.2) is 42.5 Å². The number of aryl methyl sites for hydroxylation is 3. The standard InChI is InChI=1S/C23H24ClN3O/c1-14-4-8-20(10-15(14)2)28-21-9-7-19(24)12-18(21)13-25-22-11-16(3)26-23(27-22)17-5-6-17/h4,7-12,17H,5-6,13H2,1-3H3,(H,25,26,27). The number of nitrogens with zero attached hydrogens (tertiary/aromatic N) is 2. The lowest BCUT2D eigenvalue weighted by atomic mass is 10.1. The second-order valence-electron chi connectivity index (χ2n) is 7.48. The highest BCUT2D eigenvalue weighted by atomic mass is 35.5. The molecule has 0 bridgehead atoms. The molecule has 0 aliphatic heterocycles. The lowest BCUT2D eigenvalue weighted by Gasteiger charge is -2.14. The van der Waals surface area contributed by atoms with Crippen molar-refractivity contribution in [3.8, 4) is 11.5 Å². The molecule has 1 aliphatic rings. The lowest BCUT2D eigenvalue weighted by Crippen LogP contribution is -2.06. The average Bonchev–Trinajstić information content (AvgIpc) is 3.50. The molecule has 0 atom stereocenters. The third kappa shape index (κ3) is 4.45. The van der Waals surface area contributed by atoms with Gasteiger partial charge in [0.1, 0.15) is 23.1 Å². The molecule has 3 aromatic rings. The van der Waals surface area contributed by atoms with Gasteiger partial charge >= 0.3 is 0 Å². The van der Waals surface area contributed by atoms with E-state index < -0.39 is 0 Å². The summed E-state index contributed by atoms with van der Waals surface area (Å²) < 4.78 is 6.15. The zero-order chi connectivity index (χ0) is 19.7. The average molecular weight is 394 g/mol. The third-order valence-corrected chi connectivity index (χ3v) is 5.24. The highest BCUT2D eigenvalue weighted by molar-refractivity contribution is 6.30. The first kappa shape index (κ1) is 18.8. The molecule has 4 rings (SSSR count). The fourth-order valence-corrected chi connectivity index (χ4v) is 3.28. The van der Waals surface area contributed by atoms with Crippen molar-refractivity contribution in [1.29, 1.82) is 0 Å². The Hall–Kier alpha value is -2.59. The summed E-state index contributed by atoms with van der Waals surface area (Å²) in [4.78, 5) is 9.23. The number of aromatic nitrogens is 2. The van der Waals surface area contributed by atoms with E-state index >= 15 is 0 Å². The van der Waals surface area contributed by atoms with E-state index in [1.807, 2.05) is 37.3 Å². The maximum Gasteiger partial charge on any atom is 0.134 e. The van der Waals surface area contributed by atoms with E-state index in [2.05, 4.69) is 41.3 Å². The highest BCUT2D eigenvalue weighted by Crippen LogP contribution is 2.38. The van der Waals surface area contributed by atoms with E-state index in [9.17, 15) is 0 Å². The van der Waals surface area contributed by atoms with Crippen LogP contribution in [0.2, 0.25) is 5.02 Å². The van der Waals surface area contributed by atoms with Crippen molar-refractivity contribution in [3.63, 3.8) is 0 Å². The molecule has 0 spiro atoms. The number of hydrogen-bond acceptors (Lipinski definition) is 4. The number of anilines is 1. The fraction of sp³-hybridized carbons (Fsp3) is 0.304. The maximum atomic E-state index is 6.24. The lowest BCUT2D eigenvalue weighted by molar-refractivity contribution is 0.476. The second-order valence-corrected chi connectivity index (χ2v) is 7.92. The summed E-state index contributed by atoms with van der Waals surface area (Å²) in [6.07, 6.45) is 2.37. The first-order valence-corrected chi connectivity index (χ1v) is 9.99. The molecule has 0 saturated heterocycles. The van der Waals surface area contributed by atoms with E-state index in [-0.39, 0.29) is 0 Å². The number of nitrogens with one attached hydrogen (secondary N) is 1. The van der Waals surface area contributed by atoms with Crippen molar-refractivity contribution in [1.82, 2.24) is 9.97 Å². The molecule has 144 valence electrons. The summed E-state index contributed by atoms with van der Waals surface area (Å²) in [5.41, 5.74) is 4.42. The minimum Gasteiger partial charge on any atom is -0.457 e. The molecule has 1 fully saturated rings. The molecule has 4 nitrogen and oxygen atoms in total. The summed E-state index contributed by atoms with van der Waals surface area (Å²) >= 11 is 6.24. The van der Waals surface area contributed by atoms with E-state index in [4.69, 9.17) is 16.3 Å². The molecule has 1 heterocycles. The van der Waals surface area contributed by atoms with Crippen LogP contribution in [0.4, 0.5) is 5.82 Å². The molecule has 1 aromatic heterocycles. The van der Waals surface area contributed by atoms with Gasteiger partial charge in [0.15, 0.2) is 0 Å². The van der Waals surface area contributed by atoms with Crippen LogP contribution in [0.1, 0.15) is 47.0 Å². The maximum absolute atomic E-state index is 6.24. The van der Waals surface area contributed by atoms with Crippen molar-refractivity contribution in [3.05, 3.63) is 75.7 Å². The van der Waals surface area contributed by atoms with E-state index in [1.54, 1.807) is 0 Å². The summed E-state index contributed by atoms with van der Waals surface area (Å²) in [5, 5.41) is 4.09. The first-order chi connectivity index (χ1) is 13.5. The molecule has 1 aliphatic carbocycles. The SMILES string of the molecule is Cc1cc(NCc2cc(Cl)ccc2Oc2ccc(C)c(C)c2)nc(C2CC2)n1. The van der Waals surface area contributed by atoms with Gasteiger partial charge in [-0.2, -0.15) is 0 Å². The third-order valence-electron chi connectivity index (χ3n) is 5.00. The van der Waals surface area contributed by atoms with Crippen LogP contribution in [0.5, 0.6) is 11.5 Å². The zero-order valence-electron chi connectivity index (χ0n) is 16.4. The Balaban J connectivity index is 1.54. The van der Waals surface area contributed by atoms with Crippen LogP contribution in [0, 0.1) is 20.8 Å². The van der Waals surface area contributed by atoms with Gasteiger partial charge in [0.2, 0.25) is 0 Å². The Morgan fingerprint density at radius 3 is 2.57 bits per heavy atom. The van der Waals surface area contributed by atoms with E-state index in [0.717, 1.165) is 34.4 Å². The van der Waals surface area contributed by atoms with Crippen LogP contribution < -0.4 is 10.1 Å². The number of rotatable bonds is 6. The molecule has 5 heteroatoms. The number of benzene rings is 2. The van der Waals surface area contributed by atoms with Gasteiger partial charge < -0.3 is 10.1 Å². The van der Waals surface area contributed by atoms with Gasteiger partial charge in [-0.25, -0.2) is 9.97 Å². The van der Waals surface area contributed by atoms with Crippen molar-refractivity contribution < 1.29 is 4.74 Å². The monoisotopic (exact) mass is 393 g/mol. The van der Waals surface area contributed by atoms with Gasteiger partial charge in [-0.15, -0.1) is 0 Å². The van der Waals surface area contributed by atoms with Crippen LogP contribution >= 0.6 is 11.6 Å². The van der Waals surface area contributed by atoms with Gasteiger partial charge in [-0.3, -0.25) is 0 Å². The Morgan fingerprint density at radius 1 is 1.00 bits per heavy atom. The molecule has 1 N–H and O–H groups in total. The highest BCUT2D eigenvalue weighted by Gasteiger charge is 2.27. The smallest absolute Gasteiger partial charge is 0.134 e. The van der Waals surface area contributed by atoms with Crippen LogP contribution in [0.3, 0.4) is 0 Å². The number of ether oxygens (including phenoxy) is 1. The van der Waals surface area contributed by atoms with Gasteiger partial charge in [0.25, 0.3) is 0 Å². The quantitative estimate of drug-likeness (QED) is 0.531. The normalized spacial score (nSPS) is 13.4. The van der Waals surface area contributed by atoms with Crippen molar-refractivity contribution in [2.24, 2.45) is 0 Å². The number of halogens is 1. The van der Waals surface area contributed by atoms with E-state index in [1.165, 1.54) is 24.0 Å². The van der Waals surface area contributed by atoms with Gasteiger partial charge in [0.05, 0.1) is 0 Å². The van der Waals surface area contributed by atoms with Crippen LogP contribution in [-0.4, -0.2) is 9.97 Å². The minimum atomic E-state index is 0.523. The predicted molar refractivity (Wildman–Crippen MR) is 114 cm³/mol. The van der Waals surface area contributed by atoms with Gasteiger partial charge in [0, 0.05) is 34.8 Å². The Morgan fingerprint density at radius 2 is 1.82 bits per heavy atom. The second kappa shape index (κ2) is 7.80. The van der Waals surface area contributed by atoms with Crippen molar-refractivity contribution in [2.75, 3.05) is 5.32 Å². The minimum absolute atomic E-state index is 0.523. The molecule has 0 unspecified atom stereocenters. The van der Waals surface area contributed by atoms with Crippen LogP contribution in [-0.2, 0) is 6.54 Å². The zero-order valence-corrected chi connectivity index (χ0v) is 17.2. The number of hydrogen-bond donors (Lipinski definition) is 1. The summed E-state index contributed by atoms with van der Waals surface area (Å²) in [7, 11) is 0.